The maximum atomic E-state index is 12.7. The highest BCUT2D eigenvalue weighted by Gasteiger charge is 2.64. The lowest BCUT2D eigenvalue weighted by Crippen LogP contribution is -2.46. The molecule has 3 rings (SSSR count). The molecule has 21 heavy (non-hydrogen) atoms. The fourth-order valence-corrected chi connectivity index (χ4v) is 5.01. The molecule has 1 aromatic rings. The van der Waals surface area contributed by atoms with Crippen LogP contribution in [0.15, 0.2) is 30.3 Å². The highest BCUT2D eigenvalue weighted by atomic mass is 16.3. The van der Waals surface area contributed by atoms with Gasteiger partial charge in [0.05, 0.1) is 0 Å². The Labute approximate surface area is 125 Å². The SMILES string of the molecule is CC1(C)CC(=O)C[C@@]2(C)[C@H](c3ccccc3)[C@@H](O)C(=O)[C@@H]12. The van der Waals surface area contributed by atoms with Crippen LogP contribution in [0.3, 0.4) is 0 Å². The zero-order chi connectivity index (χ0) is 15.4. The van der Waals surface area contributed by atoms with Crippen LogP contribution in [0.2, 0.25) is 0 Å². The summed E-state index contributed by atoms with van der Waals surface area (Å²) in [5.74, 6) is -0.451. The fraction of sp³-hybridized carbons (Fsp3) is 0.556. The van der Waals surface area contributed by atoms with Gasteiger partial charge in [-0.3, -0.25) is 9.59 Å². The number of fused-ring (bicyclic) bond motifs is 1. The third kappa shape index (κ3) is 1.98. The van der Waals surface area contributed by atoms with Crippen molar-refractivity contribution in [1.82, 2.24) is 0 Å². The number of benzene rings is 1. The van der Waals surface area contributed by atoms with Gasteiger partial charge in [0.25, 0.3) is 0 Å². The molecule has 0 radical (unpaired) electrons. The number of aliphatic hydroxyl groups is 1. The second-order valence-corrected chi connectivity index (χ2v) is 7.56. The molecule has 112 valence electrons. The van der Waals surface area contributed by atoms with E-state index in [9.17, 15) is 14.7 Å². The Kier molecular flexibility index (Phi) is 3.10. The van der Waals surface area contributed by atoms with Gasteiger partial charge in [-0.05, 0) is 16.4 Å². The van der Waals surface area contributed by atoms with Crippen molar-refractivity contribution < 1.29 is 14.7 Å². The molecule has 2 aliphatic carbocycles. The molecule has 3 nitrogen and oxygen atoms in total. The summed E-state index contributed by atoms with van der Waals surface area (Å²) in [7, 11) is 0. The number of ketones is 2. The maximum Gasteiger partial charge on any atom is 0.166 e. The van der Waals surface area contributed by atoms with E-state index in [1.54, 1.807) is 0 Å². The summed E-state index contributed by atoms with van der Waals surface area (Å²) >= 11 is 0. The molecule has 3 heteroatoms. The van der Waals surface area contributed by atoms with Crippen molar-refractivity contribution in [3.8, 4) is 0 Å². The Hall–Kier alpha value is -1.48. The van der Waals surface area contributed by atoms with Gasteiger partial charge in [-0.15, -0.1) is 0 Å². The van der Waals surface area contributed by atoms with Crippen LogP contribution in [-0.4, -0.2) is 22.8 Å². The van der Waals surface area contributed by atoms with Gasteiger partial charge < -0.3 is 5.11 Å². The summed E-state index contributed by atoms with van der Waals surface area (Å²) in [6, 6.07) is 9.64. The van der Waals surface area contributed by atoms with E-state index in [0.717, 1.165) is 5.56 Å². The molecule has 0 saturated heterocycles. The van der Waals surface area contributed by atoms with Crippen molar-refractivity contribution in [2.75, 3.05) is 0 Å². The van der Waals surface area contributed by atoms with E-state index >= 15 is 0 Å². The lowest BCUT2D eigenvalue weighted by atomic mass is 9.55. The summed E-state index contributed by atoms with van der Waals surface area (Å²) < 4.78 is 0. The minimum Gasteiger partial charge on any atom is -0.385 e. The van der Waals surface area contributed by atoms with Crippen molar-refractivity contribution in [3.05, 3.63) is 35.9 Å². The van der Waals surface area contributed by atoms with Crippen LogP contribution in [0.25, 0.3) is 0 Å². The van der Waals surface area contributed by atoms with Gasteiger partial charge in [-0.25, -0.2) is 0 Å². The molecule has 0 aromatic heterocycles. The molecule has 2 saturated carbocycles. The van der Waals surface area contributed by atoms with Crippen LogP contribution in [0, 0.1) is 16.7 Å². The zero-order valence-electron chi connectivity index (χ0n) is 12.8. The molecule has 1 aromatic carbocycles. The Bertz CT molecular complexity index is 590. The molecular formula is C18H22O3. The Balaban J connectivity index is 2.14. The number of rotatable bonds is 1. The highest BCUT2D eigenvalue weighted by Crippen LogP contribution is 2.62. The molecule has 4 atom stereocenters. The molecule has 0 unspecified atom stereocenters. The van der Waals surface area contributed by atoms with Crippen molar-refractivity contribution in [2.24, 2.45) is 16.7 Å². The first-order chi connectivity index (χ1) is 9.77. The minimum atomic E-state index is -1.01. The number of hydrogen-bond acceptors (Lipinski definition) is 3. The average Bonchev–Trinajstić information content (AvgIpc) is 2.56. The largest absolute Gasteiger partial charge is 0.385 e. The molecule has 0 spiro atoms. The molecule has 2 fully saturated rings. The normalized spacial score (nSPS) is 38.4. The first-order valence-electron chi connectivity index (χ1n) is 7.56. The van der Waals surface area contributed by atoms with E-state index in [1.165, 1.54) is 0 Å². The number of Topliss-reactive ketones (excluding diaryl/α,β-unsaturated/α-hetero) is 2. The van der Waals surface area contributed by atoms with Crippen LogP contribution in [0.4, 0.5) is 0 Å². The number of hydrogen-bond donors (Lipinski definition) is 1. The quantitative estimate of drug-likeness (QED) is 0.863. The second kappa shape index (κ2) is 4.51. The average molecular weight is 286 g/mol. The van der Waals surface area contributed by atoms with Gasteiger partial charge in [0, 0.05) is 24.7 Å². The topological polar surface area (TPSA) is 54.4 Å². The summed E-state index contributed by atoms with van der Waals surface area (Å²) in [5, 5.41) is 10.6. The second-order valence-electron chi connectivity index (χ2n) is 7.56. The first kappa shape index (κ1) is 14.5. The van der Waals surface area contributed by atoms with Crippen LogP contribution < -0.4 is 0 Å². The van der Waals surface area contributed by atoms with Crippen molar-refractivity contribution in [3.63, 3.8) is 0 Å². The number of aliphatic hydroxyl groups excluding tert-OH is 1. The van der Waals surface area contributed by atoms with Gasteiger partial charge in [0.15, 0.2) is 5.78 Å². The van der Waals surface area contributed by atoms with Gasteiger partial charge in [-0.1, -0.05) is 51.1 Å². The molecule has 0 aliphatic heterocycles. The lowest BCUT2D eigenvalue weighted by molar-refractivity contribution is -0.139. The Morgan fingerprint density at radius 1 is 1.05 bits per heavy atom. The van der Waals surface area contributed by atoms with Crippen LogP contribution in [0.5, 0.6) is 0 Å². The molecule has 1 N–H and O–H groups in total. The standard InChI is InChI=1S/C18H22O3/c1-17(2)9-12(19)10-18(3)13(11-7-5-4-6-8-11)14(20)15(21)16(17)18/h4-8,13-14,16,20H,9-10H2,1-3H3/t13-,14-,16+,18+/m1/s1. The van der Waals surface area contributed by atoms with Crippen molar-refractivity contribution in [2.45, 2.75) is 45.6 Å². The van der Waals surface area contributed by atoms with Gasteiger partial charge in [0.1, 0.15) is 11.9 Å². The molecule has 2 aliphatic rings. The molecule has 0 heterocycles. The van der Waals surface area contributed by atoms with Gasteiger partial charge >= 0.3 is 0 Å². The molecular weight excluding hydrogens is 264 g/mol. The summed E-state index contributed by atoms with van der Waals surface area (Å²) in [6.07, 6.45) is -0.205. The van der Waals surface area contributed by atoms with E-state index in [1.807, 2.05) is 51.1 Å². The number of carbonyl (C=O) groups excluding carboxylic acids is 2. The maximum absolute atomic E-state index is 12.7. The smallest absolute Gasteiger partial charge is 0.166 e. The van der Waals surface area contributed by atoms with E-state index in [-0.39, 0.29) is 28.8 Å². The monoisotopic (exact) mass is 286 g/mol. The highest BCUT2D eigenvalue weighted by molar-refractivity contribution is 5.95. The zero-order valence-corrected chi connectivity index (χ0v) is 12.8. The van der Waals surface area contributed by atoms with Gasteiger partial charge in [-0.2, -0.15) is 0 Å². The van der Waals surface area contributed by atoms with E-state index in [2.05, 4.69) is 0 Å². The lowest BCUT2D eigenvalue weighted by Gasteiger charge is -2.47. The van der Waals surface area contributed by atoms with Crippen molar-refractivity contribution in [1.29, 1.82) is 0 Å². The number of carbonyl (C=O) groups is 2. The summed E-state index contributed by atoms with van der Waals surface area (Å²) in [4.78, 5) is 24.9. The van der Waals surface area contributed by atoms with Gasteiger partial charge in [0.2, 0.25) is 0 Å². The fourth-order valence-electron chi connectivity index (χ4n) is 5.01. The summed E-state index contributed by atoms with van der Waals surface area (Å²) in [6.45, 7) is 5.96. The predicted molar refractivity (Wildman–Crippen MR) is 79.8 cm³/mol. The molecule has 0 bridgehead atoms. The minimum absolute atomic E-state index is 0.0937. The predicted octanol–water partition coefficient (Wildman–Crippen LogP) is 2.73. The Morgan fingerprint density at radius 2 is 1.67 bits per heavy atom. The van der Waals surface area contributed by atoms with Crippen LogP contribution in [-0.2, 0) is 9.59 Å². The summed E-state index contributed by atoms with van der Waals surface area (Å²) in [5.41, 5.74) is 0.0800. The molecule has 0 amide bonds. The van der Waals surface area contributed by atoms with Crippen molar-refractivity contribution >= 4 is 11.6 Å². The van der Waals surface area contributed by atoms with Crippen LogP contribution >= 0.6 is 0 Å². The Morgan fingerprint density at radius 3 is 2.29 bits per heavy atom. The van der Waals surface area contributed by atoms with E-state index in [0.29, 0.717) is 12.8 Å². The third-order valence-electron chi connectivity index (χ3n) is 5.43. The first-order valence-corrected chi connectivity index (χ1v) is 7.56. The van der Waals surface area contributed by atoms with E-state index in [4.69, 9.17) is 0 Å². The third-order valence-corrected chi connectivity index (χ3v) is 5.43. The van der Waals surface area contributed by atoms with E-state index < -0.39 is 11.5 Å². The van der Waals surface area contributed by atoms with Crippen LogP contribution in [0.1, 0.15) is 45.1 Å².